The standard InChI is InChI=1S/C45H26N2/c46-27-32-25-31(23-24-47-32)28-17-19-30(20-18-28)38-26-42-44(37-14-4-3-11-34(37)38)43-33-10-2-1-9-29(33)21-22-41(43)45(42)39-15-7-5-12-35(39)36-13-6-8-16-40(36)45/h1-26H. The molecule has 8 aromatic rings. The molecule has 7 aromatic carbocycles. The van der Waals surface area contributed by atoms with E-state index in [9.17, 15) is 5.26 Å². The number of pyridine rings is 1. The maximum absolute atomic E-state index is 9.40. The minimum atomic E-state index is -0.439. The SMILES string of the molecule is N#Cc1cc(-c2ccc(-c3cc4c(c5ccccc35)-c3c(ccc5ccccc35)C43c4ccccc4-c4ccccc43)cc2)ccn1. The Morgan fingerprint density at radius 1 is 0.447 bits per heavy atom. The summed E-state index contributed by atoms with van der Waals surface area (Å²) in [5.74, 6) is 0. The minimum absolute atomic E-state index is 0.422. The molecule has 2 nitrogen and oxygen atoms in total. The van der Waals surface area contributed by atoms with Crippen LogP contribution in [-0.2, 0) is 5.41 Å². The van der Waals surface area contributed by atoms with Gasteiger partial charge in [0, 0.05) is 6.20 Å². The van der Waals surface area contributed by atoms with Crippen LogP contribution in [0.1, 0.15) is 27.9 Å². The van der Waals surface area contributed by atoms with E-state index >= 15 is 0 Å². The highest BCUT2D eigenvalue weighted by Gasteiger charge is 2.52. The molecule has 0 aliphatic heterocycles. The lowest BCUT2D eigenvalue weighted by Gasteiger charge is -2.31. The van der Waals surface area contributed by atoms with Crippen LogP contribution < -0.4 is 0 Å². The molecule has 0 N–H and O–H groups in total. The van der Waals surface area contributed by atoms with Crippen molar-refractivity contribution >= 4 is 21.5 Å². The minimum Gasteiger partial charge on any atom is -0.246 e. The Kier molecular flexibility index (Phi) is 5.30. The summed E-state index contributed by atoms with van der Waals surface area (Å²) in [5, 5.41) is 14.5. The van der Waals surface area contributed by atoms with E-state index in [0.29, 0.717) is 5.69 Å². The van der Waals surface area contributed by atoms with Crippen LogP contribution in [0.4, 0.5) is 0 Å². The first kappa shape index (κ1) is 26.0. The summed E-state index contributed by atoms with van der Waals surface area (Å²) in [7, 11) is 0. The van der Waals surface area contributed by atoms with Crippen LogP contribution in [0.25, 0.3) is 66.1 Å². The second-order valence-electron chi connectivity index (χ2n) is 12.6. The largest absolute Gasteiger partial charge is 0.246 e. The smallest absolute Gasteiger partial charge is 0.141 e. The van der Waals surface area contributed by atoms with Gasteiger partial charge in [0.25, 0.3) is 0 Å². The van der Waals surface area contributed by atoms with Crippen molar-refractivity contribution in [2.75, 3.05) is 0 Å². The zero-order valence-electron chi connectivity index (χ0n) is 25.4. The molecule has 0 saturated heterocycles. The molecular formula is C45H26N2. The van der Waals surface area contributed by atoms with Crippen molar-refractivity contribution in [1.82, 2.24) is 4.98 Å². The molecule has 10 rings (SSSR count). The molecule has 1 aromatic heterocycles. The number of aromatic nitrogens is 1. The van der Waals surface area contributed by atoms with E-state index in [1.165, 1.54) is 71.6 Å². The van der Waals surface area contributed by atoms with Gasteiger partial charge in [-0.2, -0.15) is 5.26 Å². The topological polar surface area (TPSA) is 36.7 Å². The fraction of sp³-hybridized carbons (Fsp3) is 0.0222. The highest BCUT2D eigenvalue weighted by molar-refractivity contribution is 6.16. The molecule has 0 fully saturated rings. The lowest BCUT2D eigenvalue weighted by molar-refractivity contribution is 0.795. The Morgan fingerprint density at radius 2 is 1.06 bits per heavy atom. The van der Waals surface area contributed by atoms with Crippen LogP contribution >= 0.6 is 0 Å². The summed E-state index contributed by atoms with van der Waals surface area (Å²) in [6, 6.07) is 57.7. The maximum atomic E-state index is 9.40. The van der Waals surface area contributed by atoms with Gasteiger partial charge in [0.2, 0.25) is 0 Å². The van der Waals surface area contributed by atoms with E-state index in [2.05, 4.69) is 151 Å². The van der Waals surface area contributed by atoms with Gasteiger partial charge in [0.05, 0.1) is 5.41 Å². The van der Waals surface area contributed by atoms with Gasteiger partial charge in [-0.05, 0) is 107 Å². The lowest BCUT2D eigenvalue weighted by atomic mass is 9.70. The molecule has 47 heavy (non-hydrogen) atoms. The van der Waals surface area contributed by atoms with Crippen molar-refractivity contribution < 1.29 is 0 Å². The quantitative estimate of drug-likeness (QED) is 0.200. The summed E-state index contributed by atoms with van der Waals surface area (Å²) < 4.78 is 0. The third-order valence-corrected chi connectivity index (χ3v) is 10.4. The first-order valence-corrected chi connectivity index (χ1v) is 16.0. The van der Waals surface area contributed by atoms with Gasteiger partial charge in [-0.15, -0.1) is 0 Å². The van der Waals surface area contributed by atoms with Crippen molar-refractivity contribution in [1.29, 1.82) is 5.26 Å². The Morgan fingerprint density at radius 3 is 1.81 bits per heavy atom. The number of fused-ring (bicyclic) bond motifs is 14. The predicted molar refractivity (Wildman–Crippen MR) is 191 cm³/mol. The molecule has 1 spiro atoms. The number of hydrogen-bond donors (Lipinski definition) is 0. The normalized spacial score (nSPS) is 13.3. The Bertz CT molecular complexity index is 2590. The van der Waals surface area contributed by atoms with Crippen molar-refractivity contribution in [2.45, 2.75) is 5.41 Å². The summed E-state index contributed by atoms with van der Waals surface area (Å²) in [6.07, 6.45) is 1.70. The van der Waals surface area contributed by atoms with Gasteiger partial charge < -0.3 is 0 Å². The summed E-state index contributed by atoms with van der Waals surface area (Å²) in [4.78, 5) is 4.16. The summed E-state index contributed by atoms with van der Waals surface area (Å²) in [5.41, 5.74) is 15.1. The second kappa shape index (κ2) is 9.60. The molecule has 2 aliphatic rings. The van der Waals surface area contributed by atoms with Crippen LogP contribution in [0.5, 0.6) is 0 Å². The maximum Gasteiger partial charge on any atom is 0.141 e. The zero-order chi connectivity index (χ0) is 31.1. The van der Waals surface area contributed by atoms with E-state index in [-0.39, 0.29) is 0 Å². The zero-order valence-corrected chi connectivity index (χ0v) is 25.4. The second-order valence-corrected chi connectivity index (χ2v) is 12.6. The van der Waals surface area contributed by atoms with E-state index < -0.39 is 5.41 Å². The molecule has 0 radical (unpaired) electrons. The van der Waals surface area contributed by atoms with Crippen molar-refractivity contribution in [3.05, 3.63) is 186 Å². The molecule has 0 saturated carbocycles. The molecule has 0 bridgehead atoms. The first-order valence-electron chi connectivity index (χ1n) is 16.0. The van der Waals surface area contributed by atoms with Crippen LogP contribution in [0, 0.1) is 11.3 Å². The Hall–Kier alpha value is -6.30. The highest BCUT2D eigenvalue weighted by Crippen LogP contribution is 2.65. The van der Waals surface area contributed by atoms with E-state index in [4.69, 9.17) is 0 Å². The average molecular weight is 595 g/mol. The number of hydrogen-bond acceptors (Lipinski definition) is 2. The number of rotatable bonds is 2. The van der Waals surface area contributed by atoms with Gasteiger partial charge >= 0.3 is 0 Å². The Balaban J connectivity index is 1.32. The monoisotopic (exact) mass is 594 g/mol. The third-order valence-electron chi connectivity index (χ3n) is 10.4. The summed E-state index contributed by atoms with van der Waals surface area (Å²) in [6.45, 7) is 0. The Labute approximate surface area is 272 Å². The number of benzene rings is 7. The van der Waals surface area contributed by atoms with Crippen molar-refractivity contribution in [3.8, 4) is 50.6 Å². The van der Waals surface area contributed by atoms with E-state index in [1.54, 1.807) is 6.20 Å². The van der Waals surface area contributed by atoms with Gasteiger partial charge in [-0.25, -0.2) is 4.98 Å². The van der Waals surface area contributed by atoms with Crippen molar-refractivity contribution in [3.63, 3.8) is 0 Å². The van der Waals surface area contributed by atoms with Crippen LogP contribution in [-0.4, -0.2) is 4.98 Å². The summed E-state index contributed by atoms with van der Waals surface area (Å²) >= 11 is 0. The van der Waals surface area contributed by atoms with Gasteiger partial charge in [-0.1, -0.05) is 133 Å². The van der Waals surface area contributed by atoms with Gasteiger partial charge in [0.15, 0.2) is 0 Å². The van der Waals surface area contributed by atoms with Gasteiger partial charge in [0.1, 0.15) is 11.8 Å². The molecule has 0 unspecified atom stereocenters. The predicted octanol–water partition coefficient (Wildman–Crippen LogP) is 10.9. The number of nitrogens with zero attached hydrogens (tertiary/aromatic N) is 2. The van der Waals surface area contributed by atoms with Crippen LogP contribution in [0.2, 0.25) is 0 Å². The molecule has 0 atom stereocenters. The molecule has 216 valence electrons. The highest BCUT2D eigenvalue weighted by atomic mass is 14.7. The molecule has 0 amide bonds. The van der Waals surface area contributed by atoms with E-state index in [0.717, 1.165) is 16.7 Å². The fourth-order valence-corrected chi connectivity index (χ4v) is 8.51. The molecule has 2 heteroatoms. The average Bonchev–Trinajstić information content (AvgIpc) is 3.62. The molecule has 1 heterocycles. The lowest BCUT2D eigenvalue weighted by Crippen LogP contribution is -2.26. The molecular weight excluding hydrogens is 569 g/mol. The first-order chi connectivity index (χ1) is 23.3. The number of nitriles is 1. The van der Waals surface area contributed by atoms with Crippen LogP contribution in [0.15, 0.2) is 158 Å². The van der Waals surface area contributed by atoms with Crippen LogP contribution in [0.3, 0.4) is 0 Å². The van der Waals surface area contributed by atoms with Gasteiger partial charge in [-0.3, -0.25) is 0 Å². The molecule has 2 aliphatic carbocycles. The van der Waals surface area contributed by atoms with E-state index in [1.807, 2.05) is 12.1 Å². The third kappa shape index (κ3) is 3.41. The fourth-order valence-electron chi connectivity index (χ4n) is 8.51. The van der Waals surface area contributed by atoms with Crippen molar-refractivity contribution in [2.24, 2.45) is 0 Å².